The average Bonchev–Trinajstić information content (AvgIpc) is 2.15. The third kappa shape index (κ3) is 3.84. The van der Waals surface area contributed by atoms with Crippen molar-refractivity contribution in [1.82, 2.24) is 0 Å². The molecular weight excluding hydrogens is 292 g/mol. The van der Waals surface area contributed by atoms with Crippen LogP contribution in [0.2, 0.25) is 0 Å². The number of hydrogen-bond donors (Lipinski definition) is 0. The maximum Gasteiger partial charge on any atom is 0.422 e. The van der Waals surface area contributed by atoms with Gasteiger partial charge in [-0.05, 0) is 17.1 Å². The smallest absolute Gasteiger partial charge is 0.422 e. The summed E-state index contributed by atoms with van der Waals surface area (Å²) < 4.78 is 53.4. The van der Waals surface area contributed by atoms with Gasteiger partial charge < -0.3 is 4.74 Å². The van der Waals surface area contributed by atoms with Gasteiger partial charge in [0.05, 0.1) is 0 Å². The fourth-order valence-electron chi connectivity index (χ4n) is 1.03. The molecule has 0 bridgehead atoms. The number of ether oxygens (including phenoxy) is 1. The Kier molecular flexibility index (Phi) is 4.35. The normalized spacial score (nSPS) is 12.1. The molecule has 0 fully saturated rings. The zero-order valence-corrected chi connectivity index (χ0v) is 9.48. The number of benzene rings is 1. The van der Waals surface area contributed by atoms with Crippen molar-refractivity contribution in [3.05, 3.63) is 34.6 Å². The number of para-hydroxylation sites is 1. The van der Waals surface area contributed by atoms with Crippen LogP contribution in [0.4, 0.5) is 17.6 Å². The molecule has 0 aliphatic rings. The predicted molar refractivity (Wildman–Crippen MR) is 55.9 cm³/mol. The van der Waals surface area contributed by atoms with Gasteiger partial charge in [-0.2, -0.15) is 13.2 Å². The van der Waals surface area contributed by atoms with Crippen LogP contribution in [0.15, 0.2) is 23.2 Å². The van der Waals surface area contributed by atoms with Crippen molar-refractivity contribution >= 4 is 22.0 Å². The lowest BCUT2D eigenvalue weighted by Gasteiger charge is -2.11. The zero-order chi connectivity index (χ0) is 12.2. The molecule has 0 N–H and O–H groups in total. The van der Waals surface area contributed by atoms with Gasteiger partial charge in [-0.3, -0.25) is 0 Å². The first-order valence-corrected chi connectivity index (χ1v) is 5.10. The standard InChI is InChI=1S/C10H7BrF4O/c11-5-4-7-2-1-3-8(12)9(7)16-6-10(13,14)15/h1-5H,6H2/b5-4+. The monoisotopic (exact) mass is 298 g/mol. The Morgan fingerprint density at radius 3 is 2.56 bits per heavy atom. The zero-order valence-electron chi connectivity index (χ0n) is 7.89. The van der Waals surface area contributed by atoms with Crippen LogP contribution in [-0.2, 0) is 0 Å². The Balaban J connectivity index is 2.93. The van der Waals surface area contributed by atoms with Crippen LogP contribution < -0.4 is 4.74 Å². The summed E-state index contributed by atoms with van der Waals surface area (Å²) in [6.07, 6.45) is -3.09. The van der Waals surface area contributed by atoms with Crippen LogP contribution in [0.3, 0.4) is 0 Å². The van der Waals surface area contributed by atoms with Gasteiger partial charge in [-0.1, -0.05) is 28.1 Å². The van der Waals surface area contributed by atoms with Gasteiger partial charge >= 0.3 is 6.18 Å². The molecule has 0 amide bonds. The lowest BCUT2D eigenvalue weighted by Crippen LogP contribution is -2.20. The van der Waals surface area contributed by atoms with Gasteiger partial charge in [-0.15, -0.1) is 0 Å². The number of hydrogen-bond acceptors (Lipinski definition) is 1. The molecule has 0 aromatic heterocycles. The average molecular weight is 299 g/mol. The first-order valence-electron chi connectivity index (χ1n) is 4.19. The van der Waals surface area contributed by atoms with Crippen LogP contribution in [0.25, 0.3) is 6.08 Å². The molecular formula is C10H7BrF4O. The third-order valence-electron chi connectivity index (χ3n) is 1.62. The molecule has 0 aliphatic heterocycles. The minimum absolute atomic E-state index is 0.237. The summed E-state index contributed by atoms with van der Waals surface area (Å²) in [4.78, 5) is 1.40. The second kappa shape index (κ2) is 5.34. The molecule has 0 saturated heterocycles. The van der Waals surface area contributed by atoms with E-state index in [-0.39, 0.29) is 5.56 Å². The Hall–Kier alpha value is -1.04. The number of halogens is 5. The molecule has 0 atom stereocenters. The molecule has 1 nitrogen and oxygen atoms in total. The molecule has 0 radical (unpaired) electrons. The number of alkyl halides is 3. The summed E-state index contributed by atoms with van der Waals surface area (Å²) in [5.74, 6) is -1.23. The van der Waals surface area contributed by atoms with E-state index in [1.807, 2.05) is 0 Å². The minimum Gasteiger partial charge on any atom is -0.480 e. The summed E-state index contributed by atoms with van der Waals surface area (Å²) >= 11 is 2.95. The highest BCUT2D eigenvalue weighted by molar-refractivity contribution is 9.11. The Labute approximate surface area is 97.8 Å². The van der Waals surface area contributed by atoms with Gasteiger partial charge in [0.15, 0.2) is 18.2 Å². The number of rotatable bonds is 3. The van der Waals surface area contributed by atoms with Crippen molar-refractivity contribution in [2.75, 3.05) is 6.61 Å². The van der Waals surface area contributed by atoms with Crippen LogP contribution in [0, 0.1) is 5.82 Å². The predicted octanol–water partition coefficient (Wildman–Crippen LogP) is 4.13. The first-order chi connectivity index (χ1) is 7.44. The fourth-order valence-corrected chi connectivity index (χ4v) is 1.32. The molecule has 0 aliphatic carbocycles. The SMILES string of the molecule is Fc1cccc(/C=C/Br)c1OCC(F)(F)F. The highest BCUT2D eigenvalue weighted by Crippen LogP contribution is 2.26. The van der Waals surface area contributed by atoms with E-state index in [0.29, 0.717) is 0 Å². The molecule has 0 unspecified atom stereocenters. The van der Waals surface area contributed by atoms with Crippen molar-refractivity contribution in [2.45, 2.75) is 6.18 Å². The Morgan fingerprint density at radius 1 is 1.31 bits per heavy atom. The van der Waals surface area contributed by atoms with E-state index in [1.165, 1.54) is 23.2 Å². The van der Waals surface area contributed by atoms with Crippen molar-refractivity contribution in [3.8, 4) is 5.75 Å². The topological polar surface area (TPSA) is 9.23 Å². The lowest BCUT2D eigenvalue weighted by molar-refractivity contribution is -0.153. The van der Waals surface area contributed by atoms with E-state index in [9.17, 15) is 17.6 Å². The van der Waals surface area contributed by atoms with E-state index < -0.39 is 24.3 Å². The quantitative estimate of drug-likeness (QED) is 0.762. The van der Waals surface area contributed by atoms with Crippen LogP contribution in [0.5, 0.6) is 5.75 Å². The lowest BCUT2D eigenvalue weighted by atomic mass is 10.2. The molecule has 6 heteroatoms. The first kappa shape index (κ1) is 13.0. The van der Waals surface area contributed by atoms with Crippen LogP contribution in [0.1, 0.15) is 5.56 Å². The van der Waals surface area contributed by atoms with Crippen LogP contribution in [-0.4, -0.2) is 12.8 Å². The molecule has 1 aromatic rings. The van der Waals surface area contributed by atoms with Gasteiger partial charge in [0.2, 0.25) is 0 Å². The van der Waals surface area contributed by atoms with Gasteiger partial charge in [0, 0.05) is 5.56 Å². The largest absolute Gasteiger partial charge is 0.480 e. The van der Waals surface area contributed by atoms with E-state index >= 15 is 0 Å². The highest BCUT2D eigenvalue weighted by Gasteiger charge is 2.29. The maximum absolute atomic E-state index is 13.2. The molecule has 1 aromatic carbocycles. The molecule has 0 saturated carbocycles. The van der Waals surface area contributed by atoms with Gasteiger partial charge in [0.1, 0.15) is 0 Å². The van der Waals surface area contributed by atoms with Crippen molar-refractivity contribution in [1.29, 1.82) is 0 Å². The van der Waals surface area contributed by atoms with E-state index in [0.717, 1.165) is 6.07 Å². The second-order valence-electron chi connectivity index (χ2n) is 2.85. The fraction of sp³-hybridized carbons (Fsp3) is 0.200. The highest BCUT2D eigenvalue weighted by atomic mass is 79.9. The summed E-state index contributed by atoms with van der Waals surface area (Å²) in [6.45, 7) is -1.52. The van der Waals surface area contributed by atoms with E-state index in [2.05, 4.69) is 20.7 Å². The minimum atomic E-state index is -4.49. The molecule has 0 spiro atoms. The summed E-state index contributed by atoms with van der Waals surface area (Å²) in [5, 5.41) is 0. The molecule has 0 heterocycles. The van der Waals surface area contributed by atoms with Crippen molar-refractivity contribution < 1.29 is 22.3 Å². The van der Waals surface area contributed by atoms with E-state index in [4.69, 9.17) is 0 Å². The summed E-state index contributed by atoms with van der Waals surface area (Å²) in [6, 6.07) is 3.88. The Morgan fingerprint density at radius 2 is 2.00 bits per heavy atom. The maximum atomic E-state index is 13.2. The summed E-state index contributed by atoms with van der Waals surface area (Å²) in [5.41, 5.74) is 0.237. The third-order valence-corrected chi connectivity index (χ3v) is 1.88. The molecule has 1 rings (SSSR count). The second-order valence-corrected chi connectivity index (χ2v) is 3.38. The van der Waals surface area contributed by atoms with Gasteiger partial charge in [-0.25, -0.2) is 4.39 Å². The van der Waals surface area contributed by atoms with Crippen molar-refractivity contribution in [3.63, 3.8) is 0 Å². The van der Waals surface area contributed by atoms with Gasteiger partial charge in [0.25, 0.3) is 0 Å². The van der Waals surface area contributed by atoms with Crippen LogP contribution >= 0.6 is 15.9 Å². The molecule has 16 heavy (non-hydrogen) atoms. The summed E-state index contributed by atoms with van der Waals surface area (Å²) in [7, 11) is 0. The van der Waals surface area contributed by atoms with E-state index in [1.54, 1.807) is 0 Å². The van der Waals surface area contributed by atoms with Crippen molar-refractivity contribution in [2.24, 2.45) is 0 Å². The molecule has 88 valence electrons. The Bertz CT molecular complexity index is 387.